The van der Waals surface area contributed by atoms with Crippen molar-refractivity contribution in [2.45, 2.75) is 30.0 Å². The van der Waals surface area contributed by atoms with Gasteiger partial charge in [0.1, 0.15) is 5.82 Å². The number of aliphatic hydroxyl groups is 1. The molecule has 0 unspecified atom stereocenters. The second kappa shape index (κ2) is 5.54. The quantitative estimate of drug-likeness (QED) is 0.847. The topological polar surface area (TPSA) is 66.0 Å². The molecule has 1 heterocycles. The Balaban J connectivity index is 2.40. The summed E-state index contributed by atoms with van der Waals surface area (Å²) in [4.78, 5) is 18.8. The lowest BCUT2D eigenvalue weighted by Crippen LogP contribution is -2.08. The molecule has 0 aliphatic carbocycles. The van der Waals surface area contributed by atoms with Crippen molar-refractivity contribution in [3.05, 3.63) is 51.7 Å². The number of hydrogen-bond acceptors (Lipinski definition) is 4. The monoisotopic (exact) mass is 280 g/mol. The molecule has 19 heavy (non-hydrogen) atoms. The molecule has 2 rings (SSSR count). The van der Waals surface area contributed by atoms with Gasteiger partial charge in [-0.25, -0.2) is 9.37 Å². The molecule has 6 heteroatoms. The maximum absolute atomic E-state index is 13.2. The first kappa shape index (κ1) is 13.8. The molecule has 0 fully saturated rings. The minimum atomic E-state index is -0.797. The molecular formula is C13H13FN2O2S. The minimum Gasteiger partial charge on any atom is -0.389 e. The molecule has 0 bridgehead atoms. The van der Waals surface area contributed by atoms with Gasteiger partial charge in [0.2, 0.25) is 0 Å². The molecule has 0 spiro atoms. The van der Waals surface area contributed by atoms with Crippen LogP contribution in [0.3, 0.4) is 0 Å². The van der Waals surface area contributed by atoms with E-state index < -0.39 is 11.9 Å². The summed E-state index contributed by atoms with van der Waals surface area (Å²) in [5, 5.41) is 10.1. The van der Waals surface area contributed by atoms with E-state index in [0.717, 1.165) is 0 Å². The number of nitrogens with one attached hydrogen (secondary N) is 1. The van der Waals surface area contributed by atoms with Crippen LogP contribution >= 0.6 is 11.8 Å². The summed E-state index contributed by atoms with van der Waals surface area (Å²) in [7, 11) is 0. The van der Waals surface area contributed by atoms with E-state index in [0.29, 0.717) is 21.3 Å². The predicted molar refractivity (Wildman–Crippen MR) is 70.8 cm³/mol. The van der Waals surface area contributed by atoms with Crippen LogP contribution in [0.2, 0.25) is 0 Å². The van der Waals surface area contributed by atoms with E-state index in [1.54, 1.807) is 19.9 Å². The highest BCUT2D eigenvalue weighted by molar-refractivity contribution is 7.99. The lowest BCUT2D eigenvalue weighted by atomic mass is 10.1. The Labute approximate surface area is 113 Å². The van der Waals surface area contributed by atoms with Crippen molar-refractivity contribution in [1.29, 1.82) is 0 Å². The van der Waals surface area contributed by atoms with Crippen LogP contribution in [-0.2, 0) is 0 Å². The fraction of sp³-hybridized carbons (Fsp3) is 0.231. The average molecular weight is 280 g/mol. The largest absolute Gasteiger partial charge is 0.389 e. The molecule has 2 aromatic rings. The van der Waals surface area contributed by atoms with Gasteiger partial charge in [0, 0.05) is 16.7 Å². The van der Waals surface area contributed by atoms with Crippen molar-refractivity contribution in [3.8, 4) is 0 Å². The third-order valence-electron chi connectivity index (χ3n) is 2.48. The van der Waals surface area contributed by atoms with E-state index in [1.807, 2.05) is 0 Å². The van der Waals surface area contributed by atoms with Crippen molar-refractivity contribution in [3.63, 3.8) is 0 Å². The zero-order chi connectivity index (χ0) is 14.0. The van der Waals surface area contributed by atoms with Gasteiger partial charge in [-0.3, -0.25) is 4.79 Å². The molecule has 2 N–H and O–H groups in total. The molecule has 4 nitrogen and oxygen atoms in total. The SMILES string of the molecule is Cc1cc(=O)[nH]c(Sc2ccc(F)cc2[C@H](C)O)n1. The molecule has 1 aromatic heterocycles. The van der Waals surface area contributed by atoms with Crippen LogP contribution in [0.25, 0.3) is 0 Å². The lowest BCUT2D eigenvalue weighted by Gasteiger charge is -2.11. The summed E-state index contributed by atoms with van der Waals surface area (Å²) >= 11 is 1.19. The normalized spacial score (nSPS) is 12.4. The van der Waals surface area contributed by atoms with E-state index in [9.17, 15) is 14.3 Å². The number of rotatable bonds is 3. The van der Waals surface area contributed by atoms with Crippen molar-refractivity contribution >= 4 is 11.8 Å². The number of H-pyrrole nitrogens is 1. The van der Waals surface area contributed by atoms with Crippen molar-refractivity contribution in [2.75, 3.05) is 0 Å². The van der Waals surface area contributed by atoms with Gasteiger partial charge in [0.15, 0.2) is 5.16 Å². The van der Waals surface area contributed by atoms with Crippen LogP contribution in [0.4, 0.5) is 4.39 Å². The molecule has 1 aromatic carbocycles. The van der Waals surface area contributed by atoms with Crippen LogP contribution in [-0.4, -0.2) is 15.1 Å². The number of hydrogen-bond donors (Lipinski definition) is 2. The van der Waals surface area contributed by atoms with Gasteiger partial charge >= 0.3 is 0 Å². The molecule has 0 aliphatic heterocycles. The Morgan fingerprint density at radius 1 is 1.42 bits per heavy atom. The van der Waals surface area contributed by atoms with Crippen molar-refractivity contribution in [1.82, 2.24) is 9.97 Å². The number of nitrogens with zero attached hydrogens (tertiary/aromatic N) is 1. The zero-order valence-corrected chi connectivity index (χ0v) is 11.3. The third kappa shape index (κ3) is 3.42. The number of aromatic nitrogens is 2. The maximum atomic E-state index is 13.2. The fourth-order valence-corrected chi connectivity index (χ4v) is 2.68. The molecule has 0 saturated heterocycles. The number of aromatic amines is 1. The first-order valence-corrected chi connectivity index (χ1v) is 6.50. The lowest BCUT2D eigenvalue weighted by molar-refractivity contribution is 0.196. The summed E-state index contributed by atoms with van der Waals surface area (Å²) in [6.45, 7) is 3.28. The van der Waals surface area contributed by atoms with Gasteiger partial charge in [0.05, 0.1) is 6.10 Å². The Hall–Kier alpha value is -1.66. The van der Waals surface area contributed by atoms with Crippen LogP contribution < -0.4 is 5.56 Å². The Morgan fingerprint density at radius 3 is 2.79 bits per heavy atom. The van der Waals surface area contributed by atoms with Crippen LogP contribution in [0.5, 0.6) is 0 Å². The predicted octanol–water partition coefficient (Wildman–Crippen LogP) is 2.42. The maximum Gasteiger partial charge on any atom is 0.251 e. The number of aliphatic hydroxyl groups excluding tert-OH is 1. The molecular weight excluding hydrogens is 267 g/mol. The second-order valence-electron chi connectivity index (χ2n) is 4.15. The minimum absolute atomic E-state index is 0.240. The number of halogens is 1. The van der Waals surface area contributed by atoms with Crippen LogP contribution in [0.15, 0.2) is 39.1 Å². The standard InChI is InChI=1S/C13H13FN2O2S/c1-7-5-12(18)16-13(15-7)19-11-4-3-9(14)6-10(11)8(2)17/h3-6,8,17H,1-2H3,(H,15,16,18)/t8-/m0/s1. The summed E-state index contributed by atoms with van der Waals surface area (Å²) in [5.74, 6) is -0.411. The summed E-state index contributed by atoms with van der Waals surface area (Å²) in [6.07, 6.45) is -0.797. The van der Waals surface area contributed by atoms with Crippen molar-refractivity contribution < 1.29 is 9.50 Å². The third-order valence-corrected chi connectivity index (χ3v) is 3.45. The van der Waals surface area contributed by atoms with Crippen LogP contribution in [0, 0.1) is 12.7 Å². The van der Waals surface area contributed by atoms with Gasteiger partial charge in [-0.1, -0.05) is 11.8 Å². The number of benzene rings is 1. The summed E-state index contributed by atoms with van der Waals surface area (Å²) in [5.41, 5.74) is 0.830. The molecule has 0 saturated carbocycles. The second-order valence-corrected chi connectivity index (χ2v) is 5.18. The molecule has 0 amide bonds. The molecule has 100 valence electrons. The highest BCUT2D eigenvalue weighted by atomic mass is 32.2. The summed E-state index contributed by atoms with van der Waals surface area (Å²) < 4.78 is 13.2. The Morgan fingerprint density at radius 2 is 2.16 bits per heavy atom. The molecule has 0 aliphatic rings. The first-order valence-electron chi connectivity index (χ1n) is 5.69. The Bertz CT molecular complexity index is 655. The highest BCUT2D eigenvalue weighted by Crippen LogP contribution is 2.31. The van der Waals surface area contributed by atoms with Gasteiger partial charge in [-0.05, 0) is 37.6 Å². The van der Waals surface area contributed by atoms with Gasteiger partial charge in [0.25, 0.3) is 5.56 Å². The van der Waals surface area contributed by atoms with Crippen molar-refractivity contribution in [2.24, 2.45) is 0 Å². The fourth-order valence-electron chi connectivity index (χ4n) is 1.64. The van der Waals surface area contributed by atoms with E-state index in [-0.39, 0.29) is 5.56 Å². The highest BCUT2D eigenvalue weighted by Gasteiger charge is 2.12. The number of aryl methyl sites for hydroxylation is 1. The van der Waals surface area contributed by atoms with Gasteiger partial charge < -0.3 is 10.1 Å². The molecule has 1 atom stereocenters. The average Bonchev–Trinajstić information content (AvgIpc) is 2.30. The summed E-state index contributed by atoms with van der Waals surface area (Å²) in [6, 6.07) is 5.54. The zero-order valence-electron chi connectivity index (χ0n) is 10.5. The Kier molecular flexibility index (Phi) is 4.01. The first-order chi connectivity index (χ1) is 8.95. The van der Waals surface area contributed by atoms with E-state index >= 15 is 0 Å². The van der Waals surface area contributed by atoms with Crippen LogP contribution in [0.1, 0.15) is 24.3 Å². The van der Waals surface area contributed by atoms with E-state index in [1.165, 1.54) is 30.0 Å². The van der Waals surface area contributed by atoms with E-state index in [2.05, 4.69) is 9.97 Å². The van der Waals surface area contributed by atoms with E-state index in [4.69, 9.17) is 0 Å². The smallest absolute Gasteiger partial charge is 0.251 e. The van der Waals surface area contributed by atoms with Gasteiger partial charge in [-0.15, -0.1) is 0 Å². The van der Waals surface area contributed by atoms with Gasteiger partial charge in [-0.2, -0.15) is 0 Å². The molecule has 0 radical (unpaired) electrons.